The third-order valence-corrected chi connectivity index (χ3v) is 1.55. The van der Waals surface area contributed by atoms with Gasteiger partial charge < -0.3 is 5.32 Å². The molecule has 3 nitrogen and oxygen atoms in total. The summed E-state index contributed by atoms with van der Waals surface area (Å²) in [7, 11) is 4.11. The summed E-state index contributed by atoms with van der Waals surface area (Å²) in [4.78, 5) is 2.13. The molecule has 0 aliphatic carbocycles. The molecule has 1 aliphatic heterocycles. The maximum Gasteiger partial charge on any atom is 0.0882 e. The fourth-order valence-electron chi connectivity index (χ4n) is 0.934. The van der Waals surface area contributed by atoms with Gasteiger partial charge >= 0.3 is 0 Å². The Kier molecular flexibility index (Phi) is 2.45. The minimum absolute atomic E-state index is 0.402. The van der Waals surface area contributed by atoms with Crippen LogP contribution < -0.4 is 10.6 Å². The normalized spacial score (nSPS) is 29.0. The standard InChI is InChI=1S/C6H14N3/c1-9(2)6-5-7-3-4-8-6/h6-7H,3-5H2,1-2H3. The highest BCUT2D eigenvalue weighted by molar-refractivity contribution is 4.71. The molecule has 1 unspecified atom stereocenters. The number of rotatable bonds is 1. The molecule has 1 atom stereocenters. The molecule has 1 N–H and O–H groups in total. The molecule has 1 radical (unpaired) electrons. The van der Waals surface area contributed by atoms with Gasteiger partial charge in [-0.15, -0.1) is 0 Å². The van der Waals surface area contributed by atoms with Crippen LogP contribution in [0.15, 0.2) is 0 Å². The van der Waals surface area contributed by atoms with Crippen LogP contribution in [0.5, 0.6) is 0 Å². The molecular weight excluding hydrogens is 114 g/mol. The lowest BCUT2D eigenvalue weighted by Gasteiger charge is -2.27. The van der Waals surface area contributed by atoms with E-state index in [1.54, 1.807) is 0 Å². The predicted molar refractivity (Wildman–Crippen MR) is 37.3 cm³/mol. The van der Waals surface area contributed by atoms with Gasteiger partial charge in [-0.3, -0.25) is 4.90 Å². The largest absolute Gasteiger partial charge is 0.312 e. The highest BCUT2D eigenvalue weighted by Gasteiger charge is 2.13. The van der Waals surface area contributed by atoms with E-state index >= 15 is 0 Å². The van der Waals surface area contributed by atoms with E-state index in [4.69, 9.17) is 0 Å². The fourth-order valence-corrected chi connectivity index (χ4v) is 0.934. The summed E-state index contributed by atoms with van der Waals surface area (Å²) in [5.41, 5.74) is 0. The summed E-state index contributed by atoms with van der Waals surface area (Å²) in [6, 6.07) is 0. The van der Waals surface area contributed by atoms with Crippen LogP contribution in [0, 0.1) is 0 Å². The van der Waals surface area contributed by atoms with Crippen LogP contribution in [-0.2, 0) is 0 Å². The minimum Gasteiger partial charge on any atom is -0.312 e. The molecule has 1 saturated heterocycles. The zero-order valence-corrected chi connectivity index (χ0v) is 6.09. The van der Waals surface area contributed by atoms with Crippen LogP contribution in [-0.4, -0.2) is 44.8 Å². The molecule has 1 fully saturated rings. The van der Waals surface area contributed by atoms with Crippen molar-refractivity contribution in [1.29, 1.82) is 0 Å². The molecule has 0 aromatic heterocycles. The van der Waals surface area contributed by atoms with Crippen LogP contribution in [0.1, 0.15) is 0 Å². The van der Waals surface area contributed by atoms with Crippen LogP contribution in [0.4, 0.5) is 0 Å². The number of nitrogens with zero attached hydrogens (tertiary/aromatic N) is 2. The van der Waals surface area contributed by atoms with Gasteiger partial charge in [-0.25, -0.2) is 5.32 Å². The van der Waals surface area contributed by atoms with E-state index in [2.05, 4.69) is 29.6 Å². The van der Waals surface area contributed by atoms with E-state index in [-0.39, 0.29) is 0 Å². The number of likely N-dealkylation sites (N-methyl/N-ethyl adjacent to an activating group) is 1. The van der Waals surface area contributed by atoms with Crippen LogP contribution in [0.2, 0.25) is 0 Å². The van der Waals surface area contributed by atoms with Crippen molar-refractivity contribution in [2.45, 2.75) is 6.17 Å². The van der Waals surface area contributed by atoms with E-state index in [0.717, 1.165) is 19.6 Å². The molecule has 0 bridgehead atoms. The van der Waals surface area contributed by atoms with E-state index in [0.29, 0.717) is 6.17 Å². The molecule has 53 valence electrons. The van der Waals surface area contributed by atoms with Gasteiger partial charge in [-0.05, 0) is 14.1 Å². The summed E-state index contributed by atoms with van der Waals surface area (Å²) in [5.74, 6) is 0. The summed E-state index contributed by atoms with van der Waals surface area (Å²) in [6.07, 6.45) is 0.402. The molecule has 1 rings (SSSR count). The molecular formula is C6H14N3. The Hall–Kier alpha value is -0.120. The van der Waals surface area contributed by atoms with Crippen molar-refractivity contribution in [3.05, 3.63) is 0 Å². The number of hydrogen-bond acceptors (Lipinski definition) is 2. The molecule has 0 aromatic carbocycles. The van der Waals surface area contributed by atoms with Crippen molar-refractivity contribution in [3.8, 4) is 0 Å². The van der Waals surface area contributed by atoms with E-state index in [1.807, 2.05) is 0 Å². The SMILES string of the molecule is CN(C)C1CNCC[N]1. The fraction of sp³-hybridized carbons (Fsp3) is 1.00. The molecule has 1 aliphatic rings. The Morgan fingerprint density at radius 1 is 1.56 bits per heavy atom. The van der Waals surface area contributed by atoms with Gasteiger partial charge in [0.1, 0.15) is 0 Å². The zero-order chi connectivity index (χ0) is 6.69. The highest BCUT2D eigenvalue weighted by Crippen LogP contribution is 1.91. The smallest absolute Gasteiger partial charge is 0.0882 e. The average molecular weight is 128 g/mol. The Balaban J connectivity index is 2.23. The van der Waals surface area contributed by atoms with Crippen LogP contribution in [0.25, 0.3) is 0 Å². The van der Waals surface area contributed by atoms with Gasteiger partial charge in [-0.2, -0.15) is 0 Å². The van der Waals surface area contributed by atoms with Crippen LogP contribution in [0.3, 0.4) is 0 Å². The quantitative estimate of drug-likeness (QED) is 0.495. The summed E-state index contributed by atoms with van der Waals surface area (Å²) >= 11 is 0. The topological polar surface area (TPSA) is 29.4 Å². The van der Waals surface area contributed by atoms with Crippen molar-refractivity contribution in [2.24, 2.45) is 0 Å². The first kappa shape index (κ1) is 6.99. The van der Waals surface area contributed by atoms with Crippen molar-refractivity contribution < 1.29 is 0 Å². The molecule has 1 heterocycles. The zero-order valence-electron chi connectivity index (χ0n) is 6.09. The number of nitrogens with one attached hydrogen (secondary N) is 1. The Morgan fingerprint density at radius 3 is 2.67 bits per heavy atom. The second-order valence-electron chi connectivity index (χ2n) is 2.55. The monoisotopic (exact) mass is 128 g/mol. The molecule has 0 amide bonds. The second-order valence-corrected chi connectivity index (χ2v) is 2.55. The summed E-state index contributed by atoms with van der Waals surface area (Å²) < 4.78 is 0. The first-order valence-corrected chi connectivity index (χ1v) is 3.34. The first-order valence-electron chi connectivity index (χ1n) is 3.34. The maximum atomic E-state index is 4.39. The van der Waals surface area contributed by atoms with Crippen molar-refractivity contribution in [1.82, 2.24) is 15.5 Å². The van der Waals surface area contributed by atoms with Crippen LogP contribution >= 0.6 is 0 Å². The van der Waals surface area contributed by atoms with Gasteiger partial charge in [0.15, 0.2) is 0 Å². The lowest BCUT2D eigenvalue weighted by molar-refractivity contribution is 0.213. The third kappa shape index (κ3) is 1.93. The lowest BCUT2D eigenvalue weighted by atomic mass is 10.3. The molecule has 0 saturated carbocycles. The molecule has 0 aromatic rings. The van der Waals surface area contributed by atoms with Crippen molar-refractivity contribution >= 4 is 0 Å². The molecule has 3 heteroatoms. The van der Waals surface area contributed by atoms with Gasteiger partial charge in [0, 0.05) is 19.6 Å². The molecule has 9 heavy (non-hydrogen) atoms. The van der Waals surface area contributed by atoms with Crippen molar-refractivity contribution in [3.63, 3.8) is 0 Å². The second kappa shape index (κ2) is 3.15. The van der Waals surface area contributed by atoms with Crippen molar-refractivity contribution in [2.75, 3.05) is 33.7 Å². The van der Waals surface area contributed by atoms with Gasteiger partial charge in [-0.1, -0.05) is 0 Å². The Morgan fingerprint density at radius 2 is 2.33 bits per heavy atom. The number of piperazine rings is 1. The summed E-state index contributed by atoms with van der Waals surface area (Å²) in [5, 5.41) is 7.67. The Labute approximate surface area is 56.4 Å². The van der Waals surface area contributed by atoms with E-state index < -0.39 is 0 Å². The third-order valence-electron chi connectivity index (χ3n) is 1.55. The number of hydrogen-bond donors (Lipinski definition) is 1. The summed E-state index contributed by atoms with van der Waals surface area (Å²) in [6.45, 7) is 3.01. The predicted octanol–water partition coefficient (Wildman–Crippen LogP) is -0.918. The van der Waals surface area contributed by atoms with E-state index in [9.17, 15) is 0 Å². The highest BCUT2D eigenvalue weighted by atomic mass is 15.3. The average Bonchev–Trinajstić information content (AvgIpc) is 1.90. The van der Waals surface area contributed by atoms with Gasteiger partial charge in [0.25, 0.3) is 0 Å². The lowest BCUT2D eigenvalue weighted by Crippen LogP contribution is -2.51. The van der Waals surface area contributed by atoms with E-state index in [1.165, 1.54) is 0 Å². The molecule has 0 spiro atoms. The maximum absolute atomic E-state index is 4.39. The van der Waals surface area contributed by atoms with Gasteiger partial charge in [0.2, 0.25) is 0 Å². The Bertz CT molecular complexity index is 76.4. The first-order chi connectivity index (χ1) is 4.30. The van der Waals surface area contributed by atoms with Gasteiger partial charge in [0.05, 0.1) is 6.17 Å². The minimum atomic E-state index is 0.402.